The van der Waals surface area contributed by atoms with Crippen LogP contribution >= 0.6 is 0 Å². The summed E-state index contributed by atoms with van der Waals surface area (Å²) in [7, 11) is 1.54. The van der Waals surface area contributed by atoms with Crippen molar-refractivity contribution in [3.8, 4) is 11.5 Å². The Morgan fingerprint density at radius 1 is 1.00 bits per heavy atom. The number of amides is 1. The molecule has 0 aliphatic carbocycles. The molecule has 8 heteroatoms. The molecular formula is C21H16FN5O2. The number of nitrogens with one attached hydrogen (secondary N) is 2. The van der Waals surface area contributed by atoms with Gasteiger partial charge in [-0.15, -0.1) is 0 Å². The number of aromatic nitrogens is 3. The highest BCUT2D eigenvalue weighted by Gasteiger charge is 2.08. The van der Waals surface area contributed by atoms with Crippen LogP contribution in [0.2, 0.25) is 0 Å². The standard InChI is InChI=1S/C21H16FN5O2/c1-23-20(28)19-11-17(8-9-24-19)29-16-6-7-18-13(10-16)12-25-21(27-18)26-15-4-2-14(22)3-5-15/h2-12H,1H3,(H,23,28)(H,25,26,27). The average molecular weight is 389 g/mol. The quantitative estimate of drug-likeness (QED) is 0.535. The predicted molar refractivity (Wildman–Crippen MR) is 107 cm³/mol. The minimum atomic E-state index is -0.306. The molecule has 2 aromatic heterocycles. The first kappa shape index (κ1) is 18.3. The Bertz CT molecular complexity index is 1180. The summed E-state index contributed by atoms with van der Waals surface area (Å²) in [6.07, 6.45) is 3.18. The van der Waals surface area contributed by atoms with Gasteiger partial charge in [0.15, 0.2) is 0 Å². The molecule has 2 N–H and O–H groups in total. The molecular weight excluding hydrogens is 373 g/mol. The van der Waals surface area contributed by atoms with Gasteiger partial charge in [0.25, 0.3) is 5.91 Å². The van der Waals surface area contributed by atoms with E-state index in [4.69, 9.17) is 4.74 Å². The van der Waals surface area contributed by atoms with Gasteiger partial charge in [0.05, 0.1) is 5.52 Å². The average Bonchev–Trinajstić information content (AvgIpc) is 2.75. The number of anilines is 2. The zero-order valence-corrected chi connectivity index (χ0v) is 15.4. The second-order valence-electron chi connectivity index (χ2n) is 6.10. The van der Waals surface area contributed by atoms with Crippen molar-refractivity contribution in [3.05, 3.63) is 78.5 Å². The Labute approximate surface area is 165 Å². The van der Waals surface area contributed by atoms with E-state index in [1.807, 2.05) is 6.07 Å². The fourth-order valence-electron chi connectivity index (χ4n) is 2.66. The summed E-state index contributed by atoms with van der Waals surface area (Å²) in [5.41, 5.74) is 1.68. The van der Waals surface area contributed by atoms with Crippen LogP contribution in [0.25, 0.3) is 10.9 Å². The van der Waals surface area contributed by atoms with Crippen LogP contribution in [-0.4, -0.2) is 27.9 Å². The maximum atomic E-state index is 13.0. The highest BCUT2D eigenvalue weighted by molar-refractivity contribution is 5.92. The van der Waals surface area contributed by atoms with E-state index in [0.717, 1.165) is 10.9 Å². The maximum absolute atomic E-state index is 13.0. The third-order valence-corrected chi connectivity index (χ3v) is 4.08. The summed E-state index contributed by atoms with van der Waals surface area (Å²) >= 11 is 0. The number of nitrogens with zero attached hydrogens (tertiary/aromatic N) is 3. The van der Waals surface area contributed by atoms with Gasteiger partial charge in [0.1, 0.15) is 23.0 Å². The number of pyridine rings is 1. The zero-order valence-electron chi connectivity index (χ0n) is 15.4. The molecule has 2 heterocycles. The fraction of sp³-hybridized carbons (Fsp3) is 0.0476. The number of benzene rings is 2. The normalized spacial score (nSPS) is 10.6. The molecule has 0 spiro atoms. The lowest BCUT2D eigenvalue weighted by Crippen LogP contribution is -2.18. The first-order chi connectivity index (χ1) is 14.1. The Kier molecular flexibility index (Phi) is 4.98. The van der Waals surface area contributed by atoms with Gasteiger partial charge >= 0.3 is 0 Å². The van der Waals surface area contributed by atoms with Crippen LogP contribution in [-0.2, 0) is 0 Å². The molecule has 4 rings (SSSR count). The van der Waals surface area contributed by atoms with Crippen LogP contribution in [0.5, 0.6) is 11.5 Å². The third kappa shape index (κ3) is 4.27. The molecule has 7 nitrogen and oxygen atoms in total. The smallest absolute Gasteiger partial charge is 0.269 e. The molecule has 0 aliphatic rings. The van der Waals surface area contributed by atoms with E-state index in [9.17, 15) is 9.18 Å². The van der Waals surface area contributed by atoms with Gasteiger partial charge in [-0.2, -0.15) is 0 Å². The molecule has 0 bridgehead atoms. The van der Waals surface area contributed by atoms with Gasteiger partial charge in [-0.1, -0.05) is 0 Å². The first-order valence-corrected chi connectivity index (χ1v) is 8.76. The van der Waals surface area contributed by atoms with Gasteiger partial charge in [-0.25, -0.2) is 14.4 Å². The van der Waals surface area contributed by atoms with Crippen LogP contribution in [0.15, 0.2) is 67.0 Å². The monoisotopic (exact) mass is 389 g/mol. The number of rotatable bonds is 5. The topological polar surface area (TPSA) is 89.0 Å². The Morgan fingerprint density at radius 2 is 1.79 bits per heavy atom. The highest BCUT2D eigenvalue weighted by atomic mass is 19.1. The van der Waals surface area contributed by atoms with E-state index in [-0.39, 0.29) is 17.4 Å². The molecule has 29 heavy (non-hydrogen) atoms. The molecule has 4 aromatic rings. The number of halogens is 1. The van der Waals surface area contributed by atoms with E-state index >= 15 is 0 Å². The molecule has 0 aliphatic heterocycles. The molecule has 0 saturated carbocycles. The van der Waals surface area contributed by atoms with E-state index in [2.05, 4.69) is 25.6 Å². The third-order valence-electron chi connectivity index (χ3n) is 4.08. The number of hydrogen-bond donors (Lipinski definition) is 2. The fourth-order valence-corrected chi connectivity index (χ4v) is 2.66. The summed E-state index contributed by atoms with van der Waals surface area (Å²) in [5.74, 6) is 0.882. The number of ether oxygens (including phenoxy) is 1. The van der Waals surface area contributed by atoms with Gasteiger partial charge in [-0.3, -0.25) is 9.78 Å². The van der Waals surface area contributed by atoms with Crippen molar-refractivity contribution in [2.45, 2.75) is 0 Å². The molecule has 0 radical (unpaired) electrons. The minimum absolute atomic E-state index is 0.269. The molecule has 0 saturated heterocycles. The molecule has 0 atom stereocenters. The summed E-state index contributed by atoms with van der Waals surface area (Å²) in [6.45, 7) is 0. The molecule has 1 amide bonds. The lowest BCUT2D eigenvalue weighted by atomic mass is 10.2. The van der Waals surface area contributed by atoms with Crippen LogP contribution in [0.3, 0.4) is 0 Å². The van der Waals surface area contributed by atoms with E-state index in [1.165, 1.54) is 18.3 Å². The zero-order chi connectivity index (χ0) is 20.2. The van der Waals surface area contributed by atoms with Crippen molar-refractivity contribution in [1.82, 2.24) is 20.3 Å². The van der Waals surface area contributed by atoms with Gasteiger partial charge in [0.2, 0.25) is 5.95 Å². The van der Waals surface area contributed by atoms with Crippen molar-refractivity contribution in [2.75, 3.05) is 12.4 Å². The number of fused-ring (bicyclic) bond motifs is 1. The van der Waals surface area contributed by atoms with E-state index < -0.39 is 0 Å². The van der Waals surface area contributed by atoms with Crippen molar-refractivity contribution in [3.63, 3.8) is 0 Å². The molecule has 0 fully saturated rings. The van der Waals surface area contributed by atoms with Crippen molar-refractivity contribution in [2.24, 2.45) is 0 Å². The minimum Gasteiger partial charge on any atom is -0.457 e. The Hall–Kier alpha value is -4.07. The van der Waals surface area contributed by atoms with Crippen molar-refractivity contribution >= 4 is 28.4 Å². The molecule has 2 aromatic carbocycles. The lowest BCUT2D eigenvalue weighted by molar-refractivity contribution is 0.0958. The number of hydrogen-bond acceptors (Lipinski definition) is 6. The van der Waals surface area contributed by atoms with E-state index in [0.29, 0.717) is 23.1 Å². The van der Waals surface area contributed by atoms with Gasteiger partial charge in [-0.05, 0) is 48.5 Å². The van der Waals surface area contributed by atoms with Gasteiger partial charge in [0, 0.05) is 36.6 Å². The molecule has 0 unspecified atom stereocenters. The van der Waals surface area contributed by atoms with Crippen LogP contribution in [0.4, 0.5) is 16.0 Å². The summed E-state index contributed by atoms with van der Waals surface area (Å²) in [5, 5.41) is 6.34. The highest BCUT2D eigenvalue weighted by Crippen LogP contribution is 2.26. The van der Waals surface area contributed by atoms with Crippen LogP contribution in [0, 0.1) is 5.82 Å². The summed E-state index contributed by atoms with van der Waals surface area (Å²) < 4.78 is 18.8. The second-order valence-corrected chi connectivity index (χ2v) is 6.10. The van der Waals surface area contributed by atoms with Gasteiger partial charge < -0.3 is 15.4 Å². The summed E-state index contributed by atoms with van der Waals surface area (Å²) in [6, 6.07) is 14.6. The predicted octanol–water partition coefficient (Wildman–Crippen LogP) is 4.06. The van der Waals surface area contributed by atoms with Crippen molar-refractivity contribution in [1.29, 1.82) is 0 Å². The Morgan fingerprint density at radius 3 is 2.59 bits per heavy atom. The summed E-state index contributed by atoms with van der Waals surface area (Å²) in [4.78, 5) is 24.5. The SMILES string of the molecule is CNC(=O)c1cc(Oc2ccc3nc(Nc4ccc(F)cc4)ncc3c2)ccn1. The maximum Gasteiger partial charge on any atom is 0.269 e. The number of carbonyl (C=O) groups is 1. The lowest BCUT2D eigenvalue weighted by Gasteiger charge is -2.09. The number of carbonyl (C=O) groups excluding carboxylic acids is 1. The van der Waals surface area contributed by atoms with Crippen molar-refractivity contribution < 1.29 is 13.9 Å². The molecule has 144 valence electrons. The van der Waals surface area contributed by atoms with Crippen LogP contribution in [0.1, 0.15) is 10.5 Å². The van der Waals surface area contributed by atoms with Crippen LogP contribution < -0.4 is 15.4 Å². The Balaban J connectivity index is 1.54. The largest absolute Gasteiger partial charge is 0.457 e. The second kappa shape index (κ2) is 7.89. The van der Waals surface area contributed by atoms with E-state index in [1.54, 1.807) is 49.6 Å². The first-order valence-electron chi connectivity index (χ1n) is 8.76.